The topological polar surface area (TPSA) is 199 Å². The lowest BCUT2D eigenvalue weighted by Gasteiger charge is -2.13. The van der Waals surface area contributed by atoms with Gasteiger partial charge in [-0.25, -0.2) is 14.4 Å². The van der Waals surface area contributed by atoms with Crippen LogP contribution in [-0.4, -0.2) is 83.2 Å². The third-order valence-corrected chi connectivity index (χ3v) is 3.02. The predicted octanol–water partition coefficient (Wildman–Crippen LogP) is -1.69. The standard InChI is InChI=1S/C16H24O13/c1-2-10(3-12(19)26-6-17)16(24)29-9-25-8-28-14(21)5-11(15(22)23)4-13(20)27-7-18/h3,5,13-14,17-18,20-21H,2,4,6-9H2,1H3,(H,22,23)/b10-3-,11-5-. The second-order valence-corrected chi connectivity index (χ2v) is 5.00. The summed E-state index contributed by atoms with van der Waals surface area (Å²) in [4.78, 5) is 33.9. The van der Waals surface area contributed by atoms with Gasteiger partial charge in [-0.2, -0.15) is 0 Å². The molecule has 0 radical (unpaired) electrons. The molecule has 2 unspecified atom stereocenters. The number of aliphatic hydroxyl groups is 4. The molecule has 0 bridgehead atoms. The van der Waals surface area contributed by atoms with Crippen LogP contribution in [-0.2, 0) is 38.1 Å². The number of carboxylic acid groups (broad SMARTS) is 1. The molecule has 166 valence electrons. The molecule has 2 atom stereocenters. The van der Waals surface area contributed by atoms with Crippen LogP contribution in [0.25, 0.3) is 0 Å². The van der Waals surface area contributed by atoms with E-state index in [0.717, 1.165) is 12.2 Å². The van der Waals surface area contributed by atoms with E-state index in [1.807, 2.05) is 0 Å². The Morgan fingerprint density at radius 1 is 0.966 bits per heavy atom. The maximum absolute atomic E-state index is 11.7. The molecule has 0 spiro atoms. The van der Waals surface area contributed by atoms with E-state index in [1.165, 1.54) is 0 Å². The van der Waals surface area contributed by atoms with E-state index in [-0.39, 0.29) is 12.0 Å². The molecule has 5 N–H and O–H groups in total. The summed E-state index contributed by atoms with van der Waals surface area (Å²) in [5.41, 5.74) is -0.483. The quantitative estimate of drug-likeness (QED) is 0.0864. The molecule has 0 amide bonds. The molecule has 0 aliphatic heterocycles. The first kappa shape index (κ1) is 26.6. The lowest BCUT2D eigenvalue weighted by Crippen LogP contribution is -2.20. The molecule has 0 fully saturated rings. The molecule has 13 nitrogen and oxygen atoms in total. The molecule has 0 aromatic carbocycles. The molecular formula is C16H24O13. The van der Waals surface area contributed by atoms with E-state index in [0.29, 0.717) is 0 Å². The first-order valence-electron chi connectivity index (χ1n) is 8.12. The summed E-state index contributed by atoms with van der Waals surface area (Å²) in [6.07, 6.45) is -2.08. The Hall–Kier alpha value is -2.39. The maximum atomic E-state index is 11.7. The van der Waals surface area contributed by atoms with Crippen LogP contribution in [0.3, 0.4) is 0 Å². The normalized spacial score (nSPS) is 14.2. The first-order valence-corrected chi connectivity index (χ1v) is 8.12. The molecule has 0 aromatic heterocycles. The zero-order valence-corrected chi connectivity index (χ0v) is 15.6. The van der Waals surface area contributed by atoms with Crippen LogP contribution in [0.1, 0.15) is 19.8 Å². The average Bonchev–Trinajstić information content (AvgIpc) is 2.65. The average molecular weight is 424 g/mol. The van der Waals surface area contributed by atoms with Gasteiger partial charge in [-0.3, -0.25) is 0 Å². The van der Waals surface area contributed by atoms with Crippen molar-refractivity contribution >= 4 is 17.9 Å². The number of carbonyl (C=O) groups excluding carboxylic acids is 2. The van der Waals surface area contributed by atoms with Crippen molar-refractivity contribution < 1.29 is 63.6 Å². The summed E-state index contributed by atoms with van der Waals surface area (Å²) in [5.74, 6) is -3.26. The highest BCUT2D eigenvalue weighted by Crippen LogP contribution is 2.09. The van der Waals surface area contributed by atoms with Crippen LogP contribution in [0.4, 0.5) is 0 Å². The van der Waals surface area contributed by atoms with Crippen molar-refractivity contribution in [1.29, 1.82) is 0 Å². The van der Waals surface area contributed by atoms with Gasteiger partial charge in [0.15, 0.2) is 33.0 Å². The van der Waals surface area contributed by atoms with Crippen LogP contribution in [0.5, 0.6) is 0 Å². The molecule has 0 aliphatic rings. The Morgan fingerprint density at radius 2 is 1.66 bits per heavy atom. The number of aliphatic carboxylic acids is 1. The summed E-state index contributed by atoms with van der Waals surface area (Å²) in [5, 5.41) is 44.8. The molecule has 0 saturated carbocycles. The van der Waals surface area contributed by atoms with Crippen molar-refractivity contribution in [3.8, 4) is 0 Å². The van der Waals surface area contributed by atoms with Gasteiger partial charge >= 0.3 is 17.9 Å². The van der Waals surface area contributed by atoms with Gasteiger partial charge in [-0.15, -0.1) is 0 Å². The number of hydrogen-bond donors (Lipinski definition) is 5. The van der Waals surface area contributed by atoms with Gasteiger partial charge in [-0.05, 0) is 12.5 Å². The lowest BCUT2D eigenvalue weighted by atomic mass is 10.1. The van der Waals surface area contributed by atoms with Gasteiger partial charge in [0.2, 0.25) is 0 Å². The van der Waals surface area contributed by atoms with E-state index < -0.39 is 69.7 Å². The maximum Gasteiger partial charge on any atom is 0.336 e. The van der Waals surface area contributed by atoms with Crippen LogP contribution in [0.2, 0.25) is 0 Å². The third-order valence-electron chi connectivity index (χ3n) is 3.02. The number of hydrogen-bond acceptors (Lipinski definition) is 12. The van der Waals surface area contributed by atoms with Crippen molar-refractivity contribution in [2.45, 2.75) is 32.3 Å². The number of rotatable bonds is 15. The summed E-state index contributed by atoms with van der Waals surface area (Å²) in [7, 11) is 0. The van der Waals surface area contributed by atoms with Gasteiger partial charge in [0.05, 0.1) is 0 Å². The monoisotopic (exact) mass is 424 g/mol. The molecule has 29 heavy (non-hydrogen) atoms. The van der Waals surface area contributed by atoms with E-state index in [1.54, 1.807) is 6.92 Å². The number of ether oxygens (including phenoxy) is 5. The van der Waals surface area contributed by atoms with Crippen LogP contribution < -0.4 is 0 Å². The molecular weight excluding hydrogens is 400 g/mol. The van der Waals surface area contributed by atoms with E-state index in [2.05, 4.69) is 9.47 Å². The molecule has 0 saturated heterocycles. The van der Waals surface area contributed by atoms with Gasteiger partial charge in [0, 0.05) is 23.6 Å². The van der Waals surface area contributed by atoms with Gasteiger partial charge < -0.3 is 49.2 Å². The second-order valence-electron chi connectivity index (χ2n) is 5.00. The van der Waals surface area contributed by atoms with E-state index in [9.17, 15) is 24.6 Å². The molecule has 0 heterocycles. The highest BCUT2D eigenvalue weighted by molar-refractivity contribution is 5.96. The second kappa shape index (κ2) is 15.5. The van der Waals surface area contributed by atoms with Crippen molar-refractivity contribution in [2.24, 2.45) is 0 Å². The Bertz CT molecular complexity index is 583. The van der Waals surface area contributed by atoms with Crippen LogP contribution in [0.15, 0.2) is 23.3 Å². The SMILES string of the molecule is CC/C(=C/C(=O)OCO)C(=O)OCOCOC(O)/C=C(/CC(O)OCO)C(=O)O. The van der Waals surface area contributed by atoms with Crippen molar-refractivity contribution in [2.75, 3.05) is 27.2 Å². The number of carboxylic acids is 1. The number of aliphatic hydroxyl groups excluding tert-OH is 4. The fourth-order valence-corrected chi connectivity index (χ4v) is 1.67. The van der Waals surface area contributed by atoms with Crippen LogP contribution >= 0.6 is 0 Å². The molecule has 0 rings (SSSR count). The minimum absolute atomic E-state index is 0.0364. The summed E-state index contributed by atoms with van der Waals surface area (Å²) in [6, 6.07) is 0. The Balaban J connectivity index is 4.39. The summed E-state index contributed by atoms with van der Waals surface area (Å²) in [6.45, 7) is -1.27. The highest BCUT2D eigenvalue weighted by Gasteiger charge is 2.16. The zero-order valence-electron chi connectivity index (χ0n) is 15.6. The predicted molar refractivity (Wildman–Crippen MR) is 90.1 cm³/mol. The number of carbonyl (C=O) groups is 3. The van der Waals surface area contributed by atoms with E-state index in [4.69, 9.17) is 29.5 Å². The minimum Gasteiger partial charge on any atom is -0.478 e. The largest absolute Gasteiger partial charge is 0.478 e. The van der Waals surface area contributed by atoms with Gasteiger partial charge in [-0.1, -0.05) is 6.92 Å². The summed E-state index contributed by atoms with van der Waals surface area (Å²) < 4.78 is 22.9. The Kier molecular flexibility index (Phi) is 14.2. The third kappa shape index (κ3) is 12.6. The van der Waals surface area contributed by atoms with Crippen LogP contribution in [0, 0.1) is 0 Å². The number of esters is 2. The zero-order chi connectivity index (χ0) is 22.2. The fraction of sp³-hybridized carbons (Fsp3) is 0.562. The lowest BCUT2D eigenvalue weighted by molar-refractivity contribution is -0.187. The fourth-order valence-electron chi connectivity index (χ4n) is 1.67. The van der Waals surface area contributed by atoms with Crippen molar-refractivity contribution in [1.82, 2.24) is 0 Å². The molecule has 0 aliphatic carbocycles. The molecule has 13 heteroatoms. The molecule has 0 aromatic rings. The minimum atomic E-state index is -1.72. The summed E-state index contributed by atoms with van der Waals surface area (Å²) >= 11 is 0. The van der Waals surface area contributed by atoms with Crippen molar-refractivity contribution in [3.05, 3.63) is 23.3 Å². The first-order chi connectivity index (χ1) is 13.7. The highest BCUT2D eigenvalue weighted by atomic mass is 16.8. The Labute approximate surface area is 165 Å². The van der Waals surface area contributed by atoms with Gasteiger partial charge in [0.25, 0.3) is 0 Å². The van der Waals surface area contributed by atoms with Crippen molar-refractivity contribution in [3.63, 3.8) is 0 Å². The smallest absolute Gasteiger partial charge is 0.336 e. The Morgan fingerprint density at radius 3 is 2.21 bits per heavy atom. The van der Waals surface area contributed by atoms with Gasteiger partial charge in [0.1, 0.15) is 6.79 Å². The van der Waals surface area contributed by atoms with E-state index >= 15 is 0 Å².